The number of rotatable bonds is 6. The van der Waals surface area contributed by atoms with Crippen LogP contribution in [0.25, 0.3) is 0 Å². The molecule has 0 aliphatic rings. The number of aromatic nitrogens is 2. The maximum absolute atomic E-state index is 13.6. The first-order chi connectivity index (χ1) is 13.0. The van der Waals surface area contributed by atoms with Gasteiger partial charge in [-0.25, -0.2) is 8.78 Å². The molecule has 138 valence electrons. The largest absolute Gasteiger partial charge is 0.497 e. The Balaban J connectivity index is 1.59. The summed E-state index contributed by atoms with van der Waals surface area (Å²) in [5, 5.41) is 13.2. The van der Waals surface area contributed by atoms with Crippen LogP contribution in [0.5, 0.6) is 5.75 Å². The monoisotopic (exact) mass is 370 g/mol. The summed E-state index contributed by atoms with van der Waals surface area (Å²) in [7, 11) is 1.60. The van der Waals surface area contributed by atoms with Crippen LogP contribution in [0.15, 0.2) is 54.6 Å². The van der Waals surface area contributed by atoms with E-state index in [2.05, 4.69) is 20.8 Å². The number of hydrogen-bond acceptors (Lipinski definition) is 5. The van der Waals surface area contributed by atoms with Gasteiger partial charge in [0.1, 0.15) is 23.2 Å². The number of nitrogens with one attached hydrogen (secondary N) is 2. The molecular weight excluding hydrogens is 354 g/mol. The zero-order valence-electron chi connectivity index (χ0n) is 14.4. The molecule has 1 aromatic heterocycles. The Hall–Kier alpha value is -3.55. The third-order valence-corrected chi connectivity index (χ3v) is 3.71. The number of benzene rings is 2. The second-order valence-electron chi connectivity index (χ2n) is 5.58. The first-order valence-electron chi connectivity index (χ1n) is 8.02. The van der Waals surface area contributed by atoms with Gasteiger partial charge in [-0.15, -0.1) is 10.2 Å². The highest BCUT2D eigenvalue weighted by atomic mass is 19.1. The zero-order valence-corrected chi connectivity index (χ0v) is 14.4. The maximum Gasteiger partial charge on any atom is 0.276 e. The minimum Gasteiger partial charge on any atom is -0.497 e. The number of ether oxygens (including phenoxy) is 1. The molecule has 6 nitrogen and oxygen atoms in total. The fraction of sp³-hybridized carbons (Fsp3) is 0.105. The Morgan fingerprint density at radius 2 is 1.81 bits per heavy atom. The number of methoxy groups -OCH3 is 1. The van der Waals surface area contributed by atoms with Crippen LogP contribution in [0.3, 0.4) is 0 Å². The normalized spacial score (nSPS) is 10.3. The fourth-order valence-electron chi connectivity index (χ4n) is 2.26. The van der Waals surface area contributed by atoms with Crippen molar-refractivity contribution in [2.24, 2.45) is 0 Å². The minimum atomic E-state index is -0.867. The first-order valence-corrected chi connectivity index (χ1v) is 8.02. The van der Waals surface area contributed by atoms with Gasteiger partial charge >= 0.3 is 0 Å². The Kier molecular flexibility index (Phi) is 5.55. The lowest BCUT2D eigenvalue weighted by Crippen LogP contribution is -2.15. The highest BCUT2D eigenvalue weighted by molar-refractivity contribution is 6.02. The number of anilines is 2. The molecule has 3 rings (SSSR count). The van der Waals surface area contributed by atoms with E-state index in [0.29, 0.717) is 18.4 Å². The van der Waals surface area contributed by atoms with Crippen molar-refractivity contribution in [1.29, 1.82) is 0 Å². The van der Waals surface area contributed by atoms with E-state index < -0.39 is 17.5 Å². The molecule has 27 heavy (non-hydrogen) atoms. The highest BCUT2D eigenvalue weighted by Crippen LogP contribution is 2.16. The Morgan fingerprint density at radius 1 is 1.04 bits per heavy atom. The van der Waals surface area contributed by atoms with E-state index in [-0.39, 0.29) is 11.4 Å². The standard InChI is InChI=1S/C19H16F2N4O2/c1-27-14-5-2-12(3-6-14)11-22-18-9-8-17(24-25-18)19(26)23-16-7-4-13(20)10-15(16)21/h2-10H,11H2,1H3,(H,22,25)(H,23,26). The molecule has 1 heterocycles. The molecule has 0 atom stereocenters. The zero-order chi connectivity index (χ0) is 19.2. The molecule has 0 spiro atoms. The van der Waals surface area contributed by atoms with Crippen molar-refractivity contribution in [3.05, 3.63) is 77.5 Å². The maximum atomic E-state index is 13.6. The van der Waals surface area contributed by atoms with Gasteiger partial charge in [0.25, 0.3) is 5.91 Å². The van der Waals surface area contributed by atoms with Gasteiger partial charge in [-0.3, -0.25) is 4.79 Å². The molecule has 0 aliphatic carbocycles. The summed E-state index contributed by atoms with van der Waals surface area (Å²) in [5.41, 5.74) is 0.893. The summed E-state index contributed by atoms with van der Waals surface area (Å²) in [6, 6.07) is 13.5. The van der Waals surface area contributed by atoms with E-state index in [4.69, 9.17) is 4.74 Å². The van der Waals surface area contributed by atoms with Crippen LogP contribution in [-0.2, 0) is 6.54 Å². The Morgan fingerprint density at radius 3 is 2.44 bits per heavy atom. The van der Waals surface area contributed by atoms with Crippen molar-refractivity contribution in [3.8, 4) is 5.75 Å². The van der Waals surface area contributed by atoms with Crippen molar-refractivity contribution in [3.63, 3.8) is 0 Å². The van der Waals surface area contributed by atoms with E-state index in [0.717, 1.165) is 23.4 Å². The fourth-order valence-corrected chi connectivity index (χ4v) is 2.26. The molecular formula is C19H16F2N4O2. The van der Waals surface area contributed by atoms with E-state index in [9.17, 15) is 13.6 Å². The number of nitrogens with zero attached hydrogens (tertiary/aromatic N) is 2. The summed E-state index contributed by atoms with van der Waals surface area (Å²) in [4.78, 5) is 12.1. The van der Waals surface area contributed by atoms with Crippen LogP contribution >= 0.6 is 0 Å². The topological polar surface area (TPSA) is 76.1 Å². The van der Waals surface area contributed by atoms with Gasteiger partial charge in [0.2, 0.25) is 0 Å². The SMILES string of the molecule is COc1ccc(CNc2ccc(C(=O)Nc3ccc(F)cc3F)nn2)cc1. The highest BCUT2D eigenvalue weighted by Gasteiger charge is 2.12. The van der Waals surface area contributed by atoms with E-state index in [1.165, 1.54) is 6.07 Å². The first kappa shape index (κ1) is 18.2. The summed E-state index contributed by atoms with van der Waals surface area (Å²) in [6.45, 7) is 0.519. The number of amides is 1. The second-order valence-corrected chi connectivity index (χ2v) is 5.58. The molecule has 0 aliphatic heterocycles. The van der Waals surface area contributed by atoms with E-state index in [1.54, 1.807) is 13.2 Å². The quantitative estimate of drug-likeness (QED) is 0.693. The van der Waals surface area contributed by atoms with Crippen LogP contribution in [0.1, 0.15) is 16.1 Å². The summed E-state index contributed by atoms with van der Waals surface area (Å²) in [5.74, 6) is -0.983. The average Bonchev–Trinajstić information content (AvgIpc) is 2.69. The Labute approximate surface area is 154 Å². The molecule has 0 unspecified atom stereocenters. The molecule has 0 saturated heterocycles. The molecule has 3 aromatic rings. The second kappa shape index (κ2) is 8.22. The molecule has 0 bridgehead atoms. The number of carbonyl (C=O) groups excluding carboxylic acids is 1. The average molecular weight is 370 g/mol. The van der Waals surface area contributed by atoms with Crippen molar-refractivity contribution in [1.82, 2.24) is 10.2 Å². The number of hydrogen-bond donors (Lipinski definition) is 2. The van der Waals surface area contributed by atoms with Crippen molar-refractivity contribution in [2.75, 3.05) is 17.7 Å². The van der Waals surface area contributed by atoms with E-state index in [1.807, 2.05) is 24.3 Å². The summed E-state index contributed by atoms with van der Waals surface area (Å²) in [6.07, 6.45) is 0. The minimum absolute atomic E-state index is 0.00808. The van der Waals surface area contributed by atoms with Gasteiger partial charge in [-0.1, -0.05) is 12.1 Å². The molecule has 1 amide bonds. The lowest BCUT2D eigenvalue weighted by molar-refractivity contribution is 0.102. The molecule has 0 radical (unpaired) electrons. The lowest BCUT2D eigenvalue weighted by Gasteiger charge is -2.08. The van der Waals surface area contributed by atoms with Crippen LogP contribution < -0.4 is 15.4 Å². The lowest BCUT2D eigenvalue weighted by atomic mass is 10.2. The van der Waals surface area contributed by atoms with Gasteiger partial charge in [-0.2, -0.15) is 0 Å². The Bertz CT molecular complexity index is 931. The van der Waals surface area contributed by atoms with Crippen LogP contribution in [0, 0.1) is 11.6 Å². The molecule has 2 aromatic carbocycles. The predicted molar refractivity (Wildman–Crippen MR) is 96.7 cm³/mol. The van der Waals surface area contributed by atoms with Gasteiger partial charge in [-0.05, 0) is 42.0 Å². The van der Waals surface area contributed by atoms with E-state index >= 15 is 0 Å². The molecule has 8 heteroatoms. The number of halogens is 2. The van der Waals surface area contributed by atoms with Crippen LogP contribution in [0.4, 0.5) is 20.3 Å². The van der Waals surface area contributed by atoms with Gasteiger partial charge in [0, 0.05) is 12.6 Å². The number of carbonyl (C=O) groups is 1. The predicted octanol–water partition coefficient (Wildman–Crippen LogP) is 3.63. The summed E-state index contributed by atoms with van der Waals surface area (Å²) >= 11 is 0. The van der Waals surface area contributed by atoms with Crippen LogP contribution in [-0.4, -0.2) is 23.2 Å². The summed E-state index contributed by atoms with van der Waals surface area (Å²) < 4.78 is 31.6. The smallest absolute Gasteiger partial charge is 0.276 e. The van der Waals surface area contributed by atoms with Crippen molar-refractivity contribution in [2.45, 2.75) is 6.54 Å². The van der Waals surface area contributed by atoms with Gasteiger partial charge in [0.15, 0.2) is 5.69 Å². The molecule has 0 saturated carbocycles. The van der Waals surface area contributed by atoms with Gasteiger partial charge < -0.3 is 15.4 Å². The third kappa shape index (κ3) is 4.75. The van der Waals surface area contributed by atoms with Crippen molar-refractivity contribution < 1.29 is 18.3 Å². The third-order valence-electron chi connectivity index (χ3n) is 3.71. The van der Waals surface area contributed by atoms with Crippen molar-refractivity contribution >= 4 is 17.4 Å². The van der Waals surface area contributed by atoms with Crippen LogP contribution in [0.2, 0.25) is 0 Å². The molecule has 2 N–H and O–H groups in total. The van der Waals surface area contributed by atoms with Gasteiger partial charge in [0.05, 0.1) is 12.8 Å². The molecule has 0 fully saturated rings.